The first-order chi connectivity index (χ1) is 21.2. The van der Waals surface area contributed by atoms with Crippen molar-refractivity contribution >= 4 is 58.3 Å². The zero-order valence-electron chi connectivity index (χ0n) is 22.4. The molecule has 2 heterocycles. The van der Waals surface area contributed by atoms with E-state index in [4.69, 9.17) is 67.3 Å². The summed E-state index contributed by atoms with van der Waals surface area (Å²) in [7, 11) is 0. The highest BCUT2D eigenvalue weighted by Crippen LogP contribution is 2.34. The maximum atomic E-state index is 5.96. The highest BCUT2D eigenvalue weighted by molar-refractivity contribution is 6.35. The van der Waals surface area contributed by atoms with Gasteiger partial charge in [0.25, 0.3) is 11.8 Å². The fourth-order valence-electron chi connectivity index (χ4n) is 3.76. The molecule has 6 rings (SSSR count). The Kier molecular flexibility index (Phi) is 9.88. The molecule has 4 N–H and O–H groups in total. The molecule has 0 bridgehead atoms. The van der Waals surface area contributed by atoms with Crippen LogP contribution in [0.4, 0.5) is 11.9 Å². The average Bonchev–Trinajstić information content (AvgIpc) is 2.99. The molecular weight excluding hydrogens is 646 g/mol. The second kappa shape index (κ2) is 14.2. The summed E-state index contributed by atoms with van der Waals surface area (Å²) in [5.74, 6) is 1.45. The fourth-order valence-corrected chi connectivity index (χ4v) is 4.77. The van der Waals surface area contributed by atoms with Gasteiger partial charge in [0.15, 0.2) is 0 Å². The van der Waals surface area contributed by atoms with Crippen LogP contribution in [0.25, 0.3) is 22.5 Å². The summed E-state index contributed by atoms with van der Waals surface area (Å²) in [4.78, 5) is 8.40. The molecular formula is C30H20Cl4N8O2. The first-order valence-corrected chi connectivity index (χ1v) is 14.1. The molecule has 0 spiro atoms. The van der Waals surface area contributed by atoms with E-state index in [0.29, 0.717) is 43.0 Å². The Morgan fingerprint density at radius 1 is 0.455 bits per heavy atom. The predicted octanol–water partition coefficient (Wildman–Crippen LogP) is 8.44. The fraction of sp³-hybridized carbons (Fsp3) is 0. The lowest BCUT2D eigenvalue weighted by Gasteiger charge is -2.09. The summed E-state index contributed by atoms with van der Waals surface area (Å²) >= 11 is 23.8. The van der Waals surface area contributed by atoms with Crippen LogP contribution in [-0.2, 0) is 0 Å². The molecule has 0 atom stereocenters. The summed E-state index contributed by atoms with van der Waals surface area (Å²) in [5, 5.41) is 17.2. The van der Waals surface area contributed by atoms with Gasteiger partial charge < -0.3 is 20.9 Å². The largest absolute Gasteiger partial charge is 0.436 e. The van der Waals surface area contributed by atoms with E-state index in [1.54, 1.807) is 36.4 Å². The minimum atomic E-state index is 0.0651. The summed E-state index contributed by atoms with van der Waals surface area (Å²) in [6.45, 7) is 0. The van der Waals surface area contributed by atoms with Crippen LogP contribution in [0.3, 0.4) is 0 Å². The van der Waals surface area contributed by atoms with Crippen molar-refractivity contribution in [2.75, 3.05) is 11.5 Å². The summed E-state index contributed by atoms with van der Waals surface area (Å²) in [6.07, 6.45) is 0. The van der Waals surface area contributed by atoms with Crippen LogP contribution in [0.1, 0.15) is 0 Å². The van der Waals surface area contributed by atoms with Gasteiger partial charge in [-0.25, -0.2) is 9.97 Å². The molecule has 10 nitrogen and oxygen atoms in total. The molecule has 14 heteroatoms. The van der Waals surface area contributed by atoms with Gasteiger partial charge in [0, 0.05) is 31.2 Å². The van der Waals surface area contributed by atoms with E-state index in [0.717, 1.165) is 11.1 Å². The second-order valence-electron chi connectivity index (χ2n) is 8.79. The second-order valence-corrected chi connectivity index (χ2v) is 10.5. The quantitative estimate of drug-likeness (QED) is 0.177. The third-order valence-electron chi connectivity index (χ3n) is 5.54. The molecule has 0 fully saturated rings. The lowest BCUT2D eigenvalue weighted by Crippen LogP contribution is -2.02. The van der Waals surface area contributed by atoms with E-state index >= 15 is 0 Å². The van der Waals surface area contributed by atoms with Crippen molar-refractivity contribution in [3.8, 4) is 45.8 Å². The zero-order chi connectivity index (χ0) is 31.1. The van der Waals surface area contributed by atoms with E-state index in [-0.39, 0.29) is 23.7 Å². The molecule has 0 radical (unpaired) electrons. The number of rotatable bonds is 6. The Labute approximate surface area is 271 Å². The third-order valence-corrected chi connectivity index (χ3v) is 6.41. The first kappa shape index (κ1) is 30.7. The number of nitrogens with zero attached hydrogens (tertiary/aromatic N) is 6. The topological polar surface area (TPSA) is 148 Å². The van der Waals surface area contributed by atoms with Crippen molar-refractivity contribution in [2.24, 2.45) is 0 Å². The summed E-state index contributed by atoms with van der Waals surface area (Å²) in [6, 6.07) is 28.6. The summed E-state index contributed by atoms with van der Waals surface area (Å²) in [5.41, 5.74) is 13.9. The molecule has 44 heavy (non-hydrogen) atoms. The van der Waals surface area contributed by atoms with Gasteiger partial charge in [0.2, 0.25) is 11.9 Å². The van der Waals surface area contributed by atoms with Crippen LogP contribution in [0.2, 0.25) is 20.1 Å². The van der Waals surface area contributed by atoms with Crippen molar-refractivity contribution in [2.45, 2.75) is 0 Å². The van der Waals surface area contributed by atoms with Crippen molar-refractivity contribution in [3.63, 3.8) is 0 Å². The molecule has 0 saturated carbocycles. The number of anilines is 2. The number of nitrogens with two attached hydrogens (primary N) is 2. The van der Waals surface area contributed by atoms with Crippen LogP contribution in [-0.4, -0.2) is 30.4 Å². The number of hydrogen-bond donors (Lipinski definition) is 2. The Morgan fingerprint density at radius 2 is 0.795 bits per heavy atom. The molecule has 220 valence electrons. The standard InChI is InChI=1S/2C15H10Cl2N4O/c2*16-10-6-11(17)8-12(7-10)22-14-13(19-15(18)21-20-14)9-4-2-1-3-5-9/h2*1-8H,(H2,18,19,21). The lowest BCUT2D eigenvalue weighted by molar-refractivity contribution is 0.454. The molecule has 6 aromatic rings. The van der Waals surface area contributed by atoms with E-state index in [9.17, 15) is 0 Å². The van der Waals surface area contributed by atoms with E-state index in [1.807, 2.05) is 60.7 Å². The van der Waals surface area contributed by atoms with Gasteiger partial charge in [-0.3, -0.25) is 0 Å². The molecule has 4 aromatic carbocycles. The Balaban J connectivity index is 0.000000175. The number of halogens is 4. The molecule has 0 aliphatic carbocycles. The zero-order valence-corrected chi connectivity index (χ0v) is 25.4. The normalized spacial score (nSPS) is 10.5. The Morgan fingerprint density at radius 3 is 1.14 bits per heavy atom. The van der Waals surface area contributed by atoms with Crippen molar-refractivity contribution in [1.29, 1.82) is 0 Å². The van der Waals surface area contributed by atoms with Crippen molar-refractivity contribution in [1.82, 2.24) is 30.4 Å². The molecule has 0 aliphatic rings. The van der Waals surface area contributed by atoms with Crippen LogP contribution >= 0.6 is 46.4 Å². The highest BCUT2D eigenvalue weighted by atomic mass is 35.5. The van der Waals surface area contributed by atoms with Crippen LogP contribution < -0.4 is 20.9 Å². The van der Waals surface area contributed by atoms with E-state index in [2.05, 4.69) is 30.4 Å². The van der Waals surface area contributed by atoms with Gasteiger partial charge in [0.1, 0.15) is 22.9 Å². The molecule has 0 aliphatic heterocycles. The third kappa shape index (κ3) is 8.21. The van der Waals surface area contributed by atoms with Crippen molar-refractivity contribution < 1.29 is 9.47 Å². The van der Waals surface area contributed by atoms with Gasteiger partial charge >= 0.3 is 0 Å². The predicted molar refractivity (Wildman–Crippen MR) is 172 cm³/mol. The van der Waals surface area contributed by atoms with Crippen LogP contribution in [0, 0.1) is 0 Å². The van der Waals surface area contributed by atoms with Crippen molar-refractivity contribution in [3.05, 3.63) is 117 Å². The molecule has 0 amide bonds. The number of aromatic nitrogens is 6. The van der Waals surface area contributed by atoms with Gasteiger partial charge in [-0.05, 0) is 36.4 Å². The lowest BCUT2D eigenvalue weighted by atomic mass is 10.1. The van der Waals surface area contributed by atoms with Gasteiger partial charge in [-0.2, -0.15) is 0 Å². The van der Waals surface area contributed by atoms with Crippen LogP contribution in [0.15, 0.2) is 97.1 Å². The first-order valence-electron chi connectivity index (χ1n) is 12.6. The van der Waals surface area contributed by atoms with Gasteiger partial charge in [-0.1, -0.05) is 107 Å². The highest BCUT2D eigenvalue weighted by Gasteiger charge is 2.15. The monoisotopic (exact) mass is 664 g/mol. The maximum Gasteiger partial charge on any atom is 0.265 e. The Hall–Kier alpha value is -4.74. The minimum absolute atomic E-state index is 0.0651. The average molecular weight is 666 g/mol. The number of benzene rings is 4. The molecule has 2 aromatic heterocycles. The van der Waals surface area contributed by atoms with Crippen LogP contribution in [0.5, 0.6) is 23.3 Å². The molecule has 0 unspecified atom stereocenters. The smallest absolute Gasteiger partial charge is 0.265 e. The van der Waals surface area contributed by atoms with Gasteiger partial charge in [0.05, 0.1) is 0 Å². The SMILES string of the molecule is Nc1nnc(Oc2cc(Cl)cc(Cl)c2)c(-c2ccccc2)n1.Nc1nnc(Oc2cc(Cl)cc(Cl)c2)c(-c2ccccc2)n1. The number of hydrogen-bond acceptors (Lipinski definition) is 10. The van der Waals surface area contributed by atoms with Gasteiger partial charge in [-0.15, -0.1) is 20.4 Å². The summed E-state index contributed by atoms with van der Waals surface area (Å²) < 4.78 is 11.4. The Bertz CT molecular complexity index is 1720. The van der Waals surface area contributed by atoms with E-state index in [1.165, 1.54) is 0 Å². The number of nitrogen functional groups attached to an aromatic ring is 2. The maximum absolute atomic E-state index is 5.96. The molecule has 0 saturated heterocycles. The van der Waals surface area contributed by atoms with E-state index < -0.39 is 0 Å². The number of ether oxygens (including phenoxy) is 2. The minimum Gasteiger partial charge on any atom is -0.436 e.